The number of carbonyl (C=O) groups is 1. The van der Waals surface area contributed by atoms with Gasteiger partial charge in [0.1, 0.15) is 5.82 Å². The van der Waals surface area contributed by atoms with Crippen molar-refractivity contribution < 1.29 is 22.7 Å². The van der Waals surface area contributed by atoms with Gasteiger partial charge in [-0.3, -0.25) is 4.79 Å². The molecule has 3 N–H and O–H groups in total. The monoisotopic (exact) mass is 487 g/mol. The van der Waals surface area contributed by atoms with Gasteiger partial charge in [-0.25, -0.2) is 17.1 Å². The number of nitrogens with one attached hydrogen (secondary N) is 2. The van der Waals surface area contributed by atoms with Crippen LogP contribution in [0.3, 0.4) is 0 Å². The van der Waals surface area contributed by atoms with Crippen LogP contribution in [-0.2, 0) is 21.2 Å². The fraction of sp³-hybridized carbons (Fsp3) is 0.708. The van der Waals surface area contributed by atoms with Crippen molar-refractivity contribution >= 4 is 15.9 Å². The van der Waals surface area contributed by atoms with Gasteiger partial charge in [-0.2, -0.15) is 0 Å². The van der Waals surface area contributed by atoms with Crippen molar-refractivity contribution in [2.45, 2.75) is 71.9 Å². The summed E-state index contributed by atoms with van der Waals surface area (Å²) in [5.41, 5.74) is 0.877. The van der Waals surface area contributed by atoms with Gasteiger partial charge in [-0.05, 0) is 55.8 Å². The molecule has 0 fully saturated rings. The number of halogens is 1. The fourth-order valence-corrected chi connectivity index (χ4v) is 5.09. The number of carbonyl (C=O) groups excluding carboxylic acids is 1. The molecule has 0 spiro atoms. The second-order valence-corrected chi connectivity index (χ2v) is 11.0. The van der Waals surface area contributed by atoms with Crippen LogP contribution in [0, 0.1) is 11.7 Å². The molecule has 7 nitrogen and oxygen atoms in total. The van der Waals surface area contributed by atoms with E-state index >= 15 is 0 Å². The number of aliphatic hydroxyl groups excluding tert-OH is 1. The molecule has 2 unspecified atom stereocenters. The maximum atomic E-state index is 13.2. The summed E-state index contributed by atoms with van der Waals surface area (Å²) in [6.45, 7) is 9.68. The number of aliphatic hydroxyl groups is 1. The second kappa shape index (κ2) is 15.4. The first kappa shape index (κ1) is 29.5. The lowest BCUT2D eigenvalue weighted by Crippen LogP contribution is -2.48. The average Bonchev–Trinajstić information content (AvgIpc) is 2.76. The van der Waals surface area contributed by atoms with Crippen LogP contribution in [-0.4, -0.2) is 67.8 Å². The SMILES string of the molecule is CCCN(CCC)S(=O)(=O)CCC(=O)NCC(O)C(Cc1ccc(F)cc1)NCCC(C)C. The van der Waals surface area contributed by atoms with Crippen molar-refractivity contribution in [1.82, 2.24) is 14.9 Å². The molecule has 1 rings (SSSR count). The van der Waals surface area contributed by atoms with Crippen LogP contribution in [0.2, 0.25) is 0 Å². The summed E-state index contributed by atoms with van der Waals surface area (Å²) in [4.78, 5) is 12.3. The van der Waals surface area contributed by atoms with Crippen molar-refractivity contribution in [2.24, 2.45) is 5.92 Å². The lowest BCUT2D eigenvalue weighted by Gasteiger charge is -2.25. The van der Waals surface area contributed by atoms with Crippen molar-refractivity contribution in [1.29, 1.82) is 0 Å². The summed E-state index contributed by atoms with van der Waals surface area (Å²) in [5, 5.41) is 16.7. The molecular weight excluding hydrogens is 445 g/mol. The van der Waals surface area contributed by atoms with E-state index in [0.717, 1.165) is 24.8 Å². The Kier molecular flexibility index (Phi) is 13.7. The molecular formula is C24H42FN3O4S. The van der Waals surface area contributed by atoms with Gasteiger partial charge < -0.3 is 15.7 Å². The van der Waals surface area contributed by atoms with E-state index in [1.54, 1.807) is 12.1 Å². The van der Waals surface area contributed by atoms with Gasteiger partial charge in [0, 0.05) is 32.1 Å². The normalized spacial score (nSPS) is 13.9. The quantitative estimate of drug-likeness (QED) is 0.314. The van der Waals surface area contributed by atoms with E-state index in [1.807, 2.05) is 13.8 Å². The Labute approximate surface area is 199 Å². The van der Waals surface area contributed by atoms with Crippen LogP contribution in [0.1, 0.15) is 58.9 Å². The van der Waals surface area contributed by atoms with Gasteiger partial charge in [0.05, 0.1) is 11.9 Å². The van der Waals surface area contributed by atoms with Gasteiger partial charge >= 0.3 is 0 Å². The van der Waals surface area contributed by atoms with Crippen molar-refractivity contribution in [3.8, 4) is 0 Å². The van der Waals surface area contributed by atoms with E-state index in [2.05, 4.69) is 24.5 Å². The zero-order chi connectivity index (χ0) is 24.9. The van der Waals surface area contributed by atoms with Gasteiger partial charge in [0.15, 0.2) is 0 Å². The lowest BCUT2D eigenvalue weighted by atomic mass is 10.00. The number of amides is 1. The van der Waals surface area contributed by atoms with Gasteiger partial charge in [-0.1, -0.05) is 39.8 Å². The van der Waals surface area contributed by atoms with Gasteiger partial charge in [0.25, 0.3) is 0 Å². The average molecular weight is 488 g/mol. The molecule has 0 aliphatic carbocycles. The molecule has 0 saturated heterocycles. The van der Waals surface area contributed by atoms with Gasteiger partial charge in [-0.15, -0.1) is 0 Å². The number of sulfonamides is 1. The molecule has 0 bridgehead atoms. The Morgan fingerprint density at radius 1 is 1.12 bits per heavy atom. The summed E-state index contributed by atoms with van der Waals surface area (Å²) in [7, 11) is -3.49. The largest absolute Gasteiger partial charge is 0.390 e. The smallest absolute Gasteiger partial charge is 0.221 e. The summed E-state index contributed by atoms with van der Waals surface area (Å²) in [6, 6.07) is 5.80. The molecule has 0 aromatic heterocycles. The lowest BCUT2D eigenvalue weighted by molar-refractivity contribution is -0.121. The third-order valence-corrected chi connectivity index (χ3v) is 7.27. The van der Waals surface area contributed by atoms with Crippen LogP contribution in [0.15, 0.2) is 24.3 Å². The van der Waals surface area contributed by atoms with Crippen molar-refractivity contribution in [3.05, 3.63) is 35.6 Å². The standard InChI is InChI=1S/C24H42FN3O4S/c1-5-14-28(15-6-2)33(31,32)16-12-24(30)27-18-23(29)22(26-13-11-19(3)4)17-20-7-9-21(25)10-8-20/h7-10,19,22-23,26,29H,5-6,11-18H2,1-4H3,(H,27,30). The van der Waals surface area contributed by atoms with E-state index in [1.165, 1.54) is 16.4 Å². The van der Waals surface area contributed by atoms with E-state index in [0.29, 0.717) is 32.0 Å². The Hall–Kier alpha value is -1.55. The molecule has 2 atom stereocenters. The number of rotatable bonds is 17. The Morgan fingerprint density at radius 3 is 2.27 bits per heavy atom. The molecule has 0 heterocycles. The molecule has 33 heavy (non-hydrogen) atoms. The second-order valence-electron chi connectivity index (χ2n) is 8.91. The zero-order valence-corrected chi connectivity index (χ0v) is 21.3. The molecule has 190 valence electrons. The number of hydrogen-bond acceptors (Lipinski definition) is 5. The van der Waals surface area contributed by atoms with Gasteiger partial charge in [0.2, 0.25) is 15.9 Å². The maximum Gasteiger partial charge on any atom is 0.221 e. The highest BCUT2D eigenvalue weighted by atomic mass is 32.2. The summed E-state index contributed by atoms with van der Waals surface area (Å²) in [5.74, 6) is -0.473. The van der Waals surface area contributed by atoms with E-state index in [9.17, 15) is 22.7 Å². The van der Waals surface area contributed by atoms with Crippen LogP contribution in [0.4, 0.5) is 4.39 Å². The van der Waals surface area contributed by atoms with E-state index < -0.39 is 22.0 Å². The highest BCUT2D eigenvalue weighted by Gasteiger charge is 2.23. The van der Waals surface area contributed by atoms with Crippen LogP contribution in [0.5, 0.6) is 0 Å². The molecule has 1 aromatic carbocycles. The predicted octanol–water partition coefficient (Wildman–Crippen LogP) is 2.69. The summed E-state index contributed by atoms with van der Waals surface area (Å²) < 4.78 is 39.7. The van der Waals surface area contributed by atoms with Crippen LogP contribution in [0.25, 0.3) is 0 Å². The molecule has 0 saturated carbocycles. The molecule has 0 aliphatic heterocycles. The minimum atomic E-state index is -3.49. The fourth-order valence-electron chi connectivity index (χ4n) is 3.46. The summed E-state index contributed by atoms with van der Waals surface area (Å²) in [6.07, 6.45) is 1.82. The Balaban J connectivity index is 2.63. The van der Waals surface area contributed by atoms with Crippen molar-refractivity contribution in [3.63, 3.8) is 0 Å². The predicted molar refractivity (Wildman–Crippen MR) is 131 cm³/mol. The number of benzene rings is 1. The van der Waals surface area contributed by atoms with Crippen molar-refractivity contribution in [2.75, 3.05) is 31.9 Å². The first-order chi connectivity index (χ1) is 15.6. The zero-order valence-electron chi connectivity index (χ0n) is 20.5. The molecule has 1 aromatic rings. The number of hydrogen-bond donors (Lipinski definition) is 3. The minimum absolute atomic E-state index is 0.00700. The molecule has 9 heteroatoms. The topological polar surface area (TPSA) is 98.7 Å². The third kappa shape index (κ3) is 11.9. The molecule has 0 aliphatic rings. The Bertz CT molecular complexity index is 781. The first-order valence-electron chi connectivity index (χ1n) is 12.0. The molecule has 1 amide bonds. The highest BCUT2D eigenvalue weighted by Crippen LogP contribution is 2.10. The van der Waals surface area contributed by atoms with Crippen LogP contribution >= 0.6 is 0 Å². The first-order valence-corrected chi connectivity index (χ1v) is 13.6. The van der Waals surface area contributed by atoms with Crippen LogP contribution < -0.4 is 10.6 Å². The van der Waals surface area contributed by atoms with E-state index in [-0.39, 0.29) is 30.6 Å². The summed E-state index contributed by atoms with van der Waals surface area (Å²) >= 11 is 0. The third-order valence-electron chi connectivity index (χ3n) is 5.40. The Morgan fingerprint density at radius 2 is 1.73 bits per heavy atom. The maximum absolute atomic E-state index is 13.2. The highest BCUT2D eigenvalue weighted by molar-refractivity contribution is 7.89. The molecule has 0 radical (unpaired) electrons. The van der Waals surface area contributed by atoms with E-state index in [4.69, 9.17) is 0 Å². The minimum Gasteiger partial charge on any atom is -0.390 e. The number of nitrogens with zero attached hydrogens (tertiary/aromatic N) is 1.